The first-order chi connectivity index (χ1) is 8.64. The van der Waals surface area contributed by atoms with Crippen molar-refractivity contribution in [3.8, 4) is 0 Å². The second-order valence-electron chi connectivity index (χ2n) is 7.42. The minimum atomic E-state index is 0.208. The summed E-state index contributed by atoms with van der Waals surface area (Å²) in [6, 6.07) is 7.11. The summed E-state index contributed by atoms with van der Waals surface area (Å²) in [4.78, 5) is 0. The average Bonchev–Trinajstić information content (AvgIpc) is 2.27. The van der Waals surface area contributed by atoms with Crippen molar-refractivity contribution in [2.24, 2.45) is 0 Å². The molecule has 0 unspecified atom stereocenters. The van der Waals surface area contributed by atoms with Gasteiger partial charge in [0.2, 0.25) is 0 Å². The molecule has 1 aromatic rings. The molecule has 0 radical (unpaired) electrons. The summed E-state index contributed by atoms with van der Waals surface area (Å²) in [6.07, 6.45) is 0. The molecular weight excluding hydrogens is 250 g/mol. The van der Waals surface area contributed by atoms with Crippen LogP contribution in [0.15, 0.2) is 18.2 Å². The summed E-state index contributed by atoms with van der Waals surface area (Å²) in [5.74, 6) is 0.936. The monoisotopic (exact) mass is 280 g/mol. The van der Waals surface area contributed by atoms with E-state index in [0.717, 1.165) is 18.8 Å². The summed E-state index contributed by atoms with van der Waals surface area (Å²) in [5, 5.41) is 2.33. The summed E-state index contributed by atoms with van der Waals surface area (Å²) in [7, 11) is 0. The van der Waals surface area contributed by atoms with Crippen LogP contribution in [0.25, 0.3) is 0 Å². The Hall–Kier alpha value is -0.470. The molecule has 1 rings (SSSR count). The summed E-state index contributed by atoms with van der Waals surface area (Å²) < 4.78 is 0. The molecule has 0 spiro atoms. The standard InChI is InChI=1S/C17H29NS/c1-16(2,3)14-9-13(12-18-7-8-19)10-15(11-14)17(4,5)6/h9-11,18-19H,7-8,12H2,1-6H3/p+1. The largest absolute Gasteiger partial charge is 0.342 e. The quantitative estimate of drug-likeness (QED) is 0.622. The fourth-order valence-corrected chi connectivity index (χ4v) is 2.22. The van der Waals surface area contributed by atoms with Gasteiger partial charge in [0.1, 0.15) is 6.54 Å². The van der Waals surface area contributed by atoms with Crippen molar-refractivity contribution in [3.05, 3.63) is 34.9 Å². The average molecular weight is 281 g/mol. The number of benzene rings is 1. The number of hydrogen-bond donors (Lipinski definition) is 2. The predicted molar refractivity (Wildman–Crippen MR) is 88.2 cm³/mol. The Balaban J connectivity index is 3.10. The highest BCUT2D eigenvalue weighted by molar-refractivity contribution is 7.80. The SMILES string of the molecule is CC(C)(C)c1cc(C[NH2+]CCS)cc(C(C)(C)C)c1. The fourth-order valence-electron chi connectivity index (χ4n) is 2.04. The molecule has 0 aliphatic rings. The molecule has 0 saturated carbocycles. The van der Waals surface area contributed by atoms with E-state index in [2.05, 4.69) is 77.7 Å². The topological polar surface area (TPSA) is 16.6 Å². The smallest absolute Gasteiger partial charge is 0.101 e. The Morgan fingerprint density at radius 2 is 1.37 bits per heavy atom. The van der Waals surface area contributed by atoms with Gasteiger partial charge in [-0.1, -0.05) is 47.6 Å². The number of quaternary nitrogens is 1. The zero-order valence-corrected chi connectivity index (χ0v) is 14.3. The maximum Gasteiger partial charge on any atom is 0.101 e. The van der Waals surface area contributed by atoms with E-state index in [9.17, 15) is 0 Å². The molecule has 0 heterocycles. The molecule has 0 aliphatic carbocycles. The molecule has 0 aliphatic heterocycles. The van der Waals surface area contributed by atoms with Crippen LogP contribution in [-0.2, 0) is 17.4 Å². The van der Waals surface area contributed by atoms with Gasteiger partial charge in [0.25, 0.3) is 0 Å². The van der Waals surface area contributed by atoms with Gasteiger partial charge < -0.3 is 5.32 Å². The zero-order valence-electron chi connectivity index (χ0n) is 13.4. The minimum absolute atomic E-state index is 0.208. The normalized spacial score (nSPS) is 12.8. The Morgan fingerprint density at radius 1 is 0.895 bits per heavy atom. The maximum absolute atomic E-state index is 4.27. The Kier molecular flexibility index (Phi) is 5.52. The van der Waals surface area contributed by atoms with Crippen LogP contribution < -0.4 is 5.32 Å². The highest BCUT2D eigenvalue weighted by Crippen LogP contribution is 2.30. The predicted octanol–water partition coefficient (Wildman–Crippen LogP) is 3.27. The van der Waals surface area contributed by atoms with Gasteiger partial charge in [-0.15, -0.1) is 0 Å². The second-order valence-corrected chi connectivity index (χ2v) is 7.87. The van der Waals surface area contributed by atoms with Crippen LogP contribution in [0.2, 0.25) is 0 Å². The van der Waals surface area contributed by atoms with E-state index < -0.39 is 0 Å². The molecule has 19 heavy (non-hydrogen) atoms. The summed E-state index contributed by atoms with van der Waals surface area (Å²) in [5.41, 5.74) is 4.72. The van der Waals surface area contributed by atoms with Crippen molar-refractivity contribution in [2.75, 3.05) is 12.3 Å². The number of thiol groups is 1. The molecule has 0 aromatic heterocycles. The summed E-state index contributed by atoms with van der Waals surface area (Å²) in [6.45, 7) is 15.9. The lowest BCUT2D eigenvalue weighted by Crippen LogP contribution is -2.83. The van der Waals surface area contributed by atoms with E-state index in [1.54, 1.807) is 0 Å². The lowest BCUT2D eigenvalue weighted by Gasteiger charge is -2.26. The molecule has 108 valence electrons. The van der Waals surface area contributed by atoms with E-state index in [1.165, 1.54) is 16.7 Å². The van der Waals surface area contributed by atoms with Gasteiger partial charge in [0.15, 0.2) is 0 Å². The molecule has 2 N–H and O–H groups in total. The van der Waals surface area contributed by atoms with Crippen molar-refractivity contribution in [1.82, 2.24) is 0 Å². The van der Waals surface area contributed by atoms with E-state index in [4.69, 9.17) is 0 Å². The van der Waals surface area contributed by atoms with Crippen LogP contribution in [0.4, 0.5) is 0 Å². The first-order valence-corrected chi connectivity index (χ1v) is 7.85. The molecule has 2 heteroatoms. The highest BCUT2D eigenvalue weighted by Gasteiger charge is 2.20. The molecule has 1 nitrogen and oxygen atoms in total. The van der Waals surface area contributed by atoms with Gasteiger partial charge in [0, 0.05) is 11.3 Å². The van der Waals surface area contributed by atoms with Crippen LogP contribution in [0, 0.1) is 0 Å². The number of rotatable bonds is 4. The second kappa shape index (κ2) is 6.32. The molecule has 0 bridgehead atoms. The van der Waals surface area contributed by atoms with Gasteiger partial charge in [-0.25, -0.2) is 0 Å². The van der Waals surface area contributed by atoms with Crippen molar-refractivity contribution < 1.29 is 5.32 Å². The molecule has 0 amide bonds. The molecule has 0 fully saturated rings. The van der Waals surface area contributed by atoms with E-state index in [-0.39, 0.29) is 10.8 Å². The fraction of sp³-hybridized carbons (Fsp3) is 0.647. The van der Waals surface area contributed by atoms with E-state index in [0.29, 0.717) is 0 Å². The molecule has 0 saturated heterocycles. The number of nitrogens with two attached hydrogens (primary N) is 1. The van der Waals surface area contributed by atoms with Gasteiger partial charge in [-0.05, 0) is 34.1 Å². The lowest BCUT2D eigenvalue weighted by atomic mass is 9.79. The van der Waals surface area contributed by atoms with Crippen LogP contribution in [0.5, 0.6) is 0 Å². The summed E-state index contributed by atoms with van der Waals surface area (Å²) >= 11 is 4.27. The van der Waals surface area contributed by atoms with Crippen LogP contribution in [-0.4, -0.2) is 12.3 Å². The maximum atomic E-state index is 4.27. The van der Waals surface area contributed by atoms with Crippen LogP contribution in [0.3, 0.4) is 0 Å². The van der Waals surface area contributed by atoms with Gasteiger partial charge in [-0.2, -0.15) is 12.6 Å². The Bertz CT molecular complexity index is 378. The van der Waals surface area contributed by atoms with Crippen molar-refractivity contribution in [2.45, 2.75) is 58.9 Å². The van der Waals surface area contributed by atoms with E-state index in [1.807, 2.05) is 0 Å². The first-order valence-electron chi connectivity index (χ1n) is 7.22. The first kappa shape index (κ1) is 16.6. The molecule has 0 atom stereocenters. The Morgan fingerprint density at radius 3 is 1.74 bits per heavy atom. The van der Waals surface area contributed by atoms with Crippen molar-refractivity contribution in [1.29, 1.82) is 0 Å². The van der Waals surface area contributed by atoms with Gasteiger partial charge in [0.05, 0.1) is 6.54 Å². The van der Waals surface area contributed by atoms with Crippen molar-refractivity contribution >= 4 is 12.6 Å². The lowest BCUT2D eigenvalue weighted by molar-refractivity contribution is -0.666. The zero-order chi connectivity index (χ0) is 14.7. The number of hydrogen-bond acceptors (Lipinski definition) is 1. The van der Waals surface area contributed by atoms with E-state index >= 15 is 0 Å². The minimum Gasteiger partial charge on any atom is -0.342 e. The molecule has 1 aromatic carbocycles. The third-order valence-electron chi connectivity index (χ3n) is 3.44. The molecular formula is C17H30NS+. The van der Waals surface area contributed by atoms with Gasteiger partial charge >= 0.3 is 0 Å². The Labute approximate surface area is 124 Å². The van der Waals surface area contributed by atoms with Crippen LogP contribution in [0.1, 0.15) is 58.2 Å². The van der Waals surface area contributed by atoms with Gasteiger partial charge in [-0.3, -0.25) is 0 Å². The third kappa shape index (κ3) is 5.19. The third-order valence-corrected chi connectivity index (χ3v) is 3.70. The highest BCUT2D eigenvalue weighted by atomic mass is 32.1. The van der Waals surface area contributed by atoms with Crippen molar-refractivity contribution in [3.63, 3.8) is 0 Å². The van der Waals surface area contributed by atoms with Crippen LogP contribution >= 0.6 is 12.6 Å².